The molecule has 0 saturated carbocycles. The topological polar surface area (TPSA) is 67.7 Å². The number of quaternary nitrogens is 1. The summed E-state index contributed by atoms with van der Waals surface area (Å²) in [5, 5.41) is 2.66. The van der Waals surface area contributed by atoms with Crippen molar-refractivity contribution in [2.75, 3.05) is 32.9 Å². The Bertz CT molecular complexity index is 573. The van der Waals surface area contributed by atoms with Gasteiger partial charge in [0.1, 0.15) is 5.82 Å². The van der Waals surface area contributed by atoms with Crippen LogP contribution >= 0.6 is 0 Å². The highest BCUT2D eigenvalue weighted by Crippen LogP contribution is 2.11. The van der Waals surface area contributed by atoms with Gasteiger partial charge < -0.3 is 10.2 Å². The molecule has 7 heteroatoms. The first-order valence-corrected chi connectivity index (χ1v) is 8.62. The Morgan fingerprint density at radius 2 is 1.95 bits per heavy atom. The predicted octanol–water partition coefficient (Wildman–Crippen LogP) is -0.609. The van der Waals surface area contributed by atoms with Crippen LogP contribution in [-0.2, 0) is 20.4 Å². The number of hydrogen-bond acceptors (Lipinski definition) is 3. The molecule has 0 heterocycles. The Kier molecular flexibility index (Phi) is 6.77. The lowest BCUT2D eigenvalue weighted by molar-refractivity contribution is -0.856. The molecular weight excluding hydrogens is 295 g/mol. The summed E-state index contributed by atoms with van der Waals surface area (Å²) in [6, 6.07) is 5.75. The molecule has 0 radical (unpaired) electrons. The van der Waals surface area contributed by atoms with E-state index in [1.807, 2.05) is 14.1 Å². The second kappa shape index (κ2) is 8.09. The third-order valence-corrected chi connectivity index (χ3v) is 4.50. The van der Waals surface area contributed by atoms with E-state index in [0.29, 0.717) is 6.54 Å². The highest BCUT2D eigenvalue weighted by molar-refractivity contribution is 7.90. The average molecular weight is 317 g/mol. The quantitative estimate of drug-likeness (QED) is 0.672. The van der Waals surface area contributed by atoms with Gasteiger partial charge in [-0.15, -0.1) is 0 Å². The molecule has 21 heavy (non-hydrogen) atoms. The van der Waals surface area contributed by atoms with Gasteiger partial charge in [0.2, 0.25) is 5.91 Å². The molecule has 0 aliphatic rings. The van der Waals surface area contributed by atoms with Crippen molar-refractivity contribution in [1.29, 1.82) is 0 Å². The number of benzene rings is 1. The molecule has 118 valence electrons. The number of rotatable bonds is 8. The molecular formula is C14H22FN2O3S+. The van der Waals surface area contributed by atoms with Crippen LogP contribution in [0.3, 0.4) is 0 Å². The summed E-state index contributed by atoms with van der Waals surface area (Å²) in [6.07, 6.45) is -0.0977. The largest absolute Gasteiger partial charge is 0.350 e. The highest BCUT2D eigenvalue weighted by atomic mass is 32.2. The van der Waals surface area contributed by atoms with Crippen molar-refractivity contribution in [3.8, 4) is 0 Å². The van der Waals surface area contributed by atoms with Crippen LogP contribution in [0.2, 0.25) is 0 Å². The van der Waals surface area contributed by atoms with Crippen molar-refractivity contribution in [3.05, 3.63) is 35.6 Å². The summed E-state index contributed by atoms with van der Waals surface area (Å²) in [5.74, 6) is -1.50. The maximum absolute atomic E-state index is 13.4. The minimum absolute atomic E-state index is 0.0977. The average Bonchev–Trinajstić information content (AvgIpc) is 2.39. The van der Waals surface area contributed by atoms with Gasteiger partial charge >= 0.3 is 0 Å². The van der Waals surface area contributed by atoms with Crippen molar-refractivity contribution < 1.29 is 22.5 Å². The number of nitrogens with one attached hydrogen (secondary N) is 2. The molecule has 5 nitrogen and oxygen atoms in total. The van der Waals surface area contributed by atoms with Gasteiger partial charge in [-0.05, 0) is 6.07 Å². The minimum Gasteiger partial charge on any atom is -0.350 e. The van der Waals surface area contributed by atoms with Gasteiger partial charge in [0.15, 0.2) is 9.84 Å². The first-order chi connectivity index (χ1) is 9.80. The van der Waals surface area contributed by atoms with Crippen LogP contribution in [0, 0.1) is 5.82 Å². The maximum Gasteiger partial charge on any atom is 0.221 e. The number of carbonyl (C=O) groups excluding carboxylic acids is 1. The third-order valence-electron chi connectivity index (χ3n) is 2.92. The van der Waals surface area contributed by atoms with Crippen LogP contribution in [0.25, 0.3) is 0 Å². The first-order valence-electron chi connectivity index (χ1n) is 6.80. The molecule has 0 aliphatic carbocycles. The Balaban J connectivity index is 2.43. The molecule has 0 aromatic heterocycles. The number of hydrogen-bond donors (Lipinski definition) is 2. The molecule has 0 spiro atoms. The van der Waals surface area contributed by atoms with Crippen LogP contribution in [0.4, 0.5) is 4.39 Å². The number of likely N-dealkylation sites (N-methyl/N-ethyl adjacent to an activating group) is 1. The highest BCUT2D eigenvalue weighted by Gasteiger charge is 2.16. The third kappa shape index (κ3) is 7.19. The lowest BCUT2D eigenvalue weighted by Gasteiger charge is -2.09. The standard InChI is InChI=1S/C14H21FN2O3S/c1-17(2)9-8-16-14(18)7-10-21(19,20)11-12-5-3-4-6-13(12)15/h3-6H,7-11H2,1-2H3,(H,16,18)/p+1. The van der Waals surface area contributed by atoms with Crippen LogP contribution < -0.4 is 10.2 Å². The van der Waals surface area contributed by atoms with Crippen molar-refractivity contribution in [1.82, 2.24) is 5.32 Å². The fourth-order valence-electron chi connectivity index (χ4n) is 1.71. The smallest absolute Gasteiger partial charge is 0.221 e. The maximum atomic E-state index is 13.4. The van der Waals surface area contributed by atoms with Gasteiger partial charge in [0.05, 0.1) is 38.7 Å². The molecule has 1 rings (SSSR count). The molecule has 0 atom stereocenters. The number of amides is 1. The van der Waals surface area contributed by atoms with Crippen molar-refractivity contribution in [2.45, 2.75) is 12.2 Å². The van der Waals surface area contributed by atoms with Gasteiger partial charge in [-0.2, -0.15) is 0 Å². The normalized spacial score (nSPS) is 11.6. The molecule has 2 N–H and O–H groups in total. The second-order valence-electron chi connectivity index (χ2n) is 5.24. The Morgan fingerprint density at radius 1 is 1.29 bits per heavy atom. The first kappa shape index (κ1) is 17.6. The van der Waals surface area contributed by atoms with Crippen LogP contribution in [0.5, 0.6) is 0 Å². The van der Waals surface area contributed by atoms with Crippen LogP contribution in [0.15, 0.2) is 24.3 Å². The number of sulfone groups is 1. The zero-order valence-electron chi connectivity index (χ0n) is 12.4. The molecule has 0 bridgehead atoms. The van der Waals surface area contributed by atoms with Crippen LogP contribution in [0.1, 0.15) is 12.0 Å². The van der Waals surface area contributed by atoms with E-state index in [1.165, 1.54) is 23.1 Å². The monoisotopic (exact) mass is 317 g/mol. The molecule has 1 aromatic rings. The second-order valence-corrected chi connectivity index (χ2v) is 7.42. The number of halogens is 1. The zero-order chi connectivity index (χ0) is 15.9. The summed E-state index contributed by atoms with van der Waals surface area (Å²) in [7, 11) is 0.427. The van der Waals surface area contributed by atoms with E-state index in [0.717, 1.165) is 6.54 Å². The molecule has 1 amide bonds. The van der Waals surface area contributed by atoms with Crippen molar-refractivity contribution in [3.63, 3.8) is 0 Å². The summed E-state index contributed by atoms with van der Waals surface area (Å²) in [6.45, 7) is 1.28. The molecule has 0 unspecified atom stereocenters. The lowest BCUT2D eigenvalue weighted by atomic mass is 10.2. The van der Waals surface area contributed by atoms with E-state index in [4.69, 9.17) is 0 Å². The van der Waals surface area contributed by atoms with E-state index in [-0.39, 0.29) is 29.4 Å². The summed E-state index contributed by atoms with van der Waals surface area (Å²) in [4.78, 5) is 12.7. The Hall–Kier alpha value is -1.47. The number of carbonyl (C=O) groups is 1. The predicted molar refractivity (Wildman–Crippen MR) is 79.2 cm³/mol. The van der Waals surface area contributed by atoms with Crippen LogP contribution in [-0.4, -0.2) is 47.3 Å². The summed E-state index contributed by atoms with van der Waals surface area (Å²) in [5.41, 5.74) is 0.133. The van der Waals surface area contributed by atoms with Crippen molar-refractivity contribution >= 4 is 15.7 Å². The fourth-order valence-corrected chi connectivity index (χ4v) is 3.06. The van der Waals surface area contributed by atoms with Gasteiger partial charge in [0, 0.05) is 12.0 Å². The van der Waals surface area contributed by atoms with E-state index in [2.05, 4.69) is 5.32 Å². The van der Waals surface area contributed by atoms with Crippen molar-refractivity contribution in [2.24, 2.45) is 0 Å². The van der Waals surface area contributed by atoms with E-state index in [9.17, 15) is 17.6 Å². The van der Waals surface area contributed by atoms with E-state index in [1.54, 1.807) is 6.07 Å². The van der Waals surface area contributed by atoms with Gasteiger partial charge in [-0.25, -0.2) is 12.8 Å². The molecule has 0 fully saturated rings. The van der Waals surface area contributed by atoms with E-state index < -0.39 is 15.7 Å². The molecule has 0 saturated heterocycles. The van der Waals surface area contributed by atoms with E-state index >= 15 is 0 Å². The summed E-state index contributed by atoms with van der Waals surface area (Å²) >= 11 is 0. The molecule has 0 aliphatic heterocycles. The lowest BCUT2D eigenvalue weighted by Crippen LogP contribution is -3.06. The van der Waals surface area contributed by atoms with Gasteiger partial charge in [0.25, 0.3) is 0 Å². The summed E-state index contributed by atoms with van der Waals surface area (Å²) < 4.78 is 37.2. The minimum atomic E-state index is -3.50. The fraction of sp³-hybridized carbons (Fsp3) is 0.500. The molecule has 1 aromatic carbocycles. The Labute approximate surface area is 125 Å². The van der Waals surface area contributed by atoms with Gasteiger partial charge in [-0.3, -0.25) is 4.79 Å². The zero-order valence-corrected chi connectivity index (χ0v) is 13.2. The SMILES string of the molecule is C[NH+](C)CCNC(=O)CCS(=O)(=O)Cc1ccccc1F. The van der Waals surface area contributed by atoms with Gasteiger partial charge in [-0.1, -0.05) is 18.2 Å². The Morgan fingerprint density at radius 3 is 2.57 bits per heavy atom.